The van der Waals surface area contributed by atoms with Gasteiger partial charge in [0.25, 0.3) is 10.0 Å². The number of rotatable bonds is 0. The van der Waals surface area contributed by atoms with Crippen LogP contribution in [0.2, 0.25) is 0 Å². The molecule has 1 fully saturated rings. The third-order valence-electron chi connectivity index (χ3n) is 2.53. The normalized spacial score (nSPS) is 26.7. The van der Waals surface area contributed by atoms with Crippen molar-refractivity contribution in [2.75, 3.05) is 19.8 Å². The smallest absolute Gasteiger partial charge is 0.250 e. The van der Waals surface area contributed by atoms with Crippen LogP contribution in [-0.2, 0) is 25.3 Å². The van der Waals surface area contributed by atoms with E-state index in [0.717, 1.165) is 0 Å². The van der Waals surface area contributed by atoms with Crippen LogP contribution in [0.4, 0.5) is 0 Å². The van der Waals surface area contributed by atoms with E-state index in [9.17, 15) is 8.42 Å². The van der Waals surface area contributed by atoms with Crippen LogP contribution < -0.4 is 4.72 Å². The molecule has 0 aromatic carbocycles. The first kappa shape index (κ1) is 9.73. The minimum Gasteiger partial charge on any atom is -0.342 e. The van der Waals surface area contributed by atoms with Gasteiger partial charge in [-0.2, -0.15) is 0 Å². The molecule has 0 saturated carbocycles. The van der Waals surface area contributed by atoms with Crippen LogP contribution in [0.1, 0.15) is 5.56 Å². The summed E-state index contributed by atoms with van der Waals surface area (Å²) in [5.41, 5.74) is 0.628. The van der Waals surface area contributed by atoms with Crippen molar-refractivity contribution < 1.29 is 17.9 Å². The molecular weight excluding hydrogens is 238 g/mol. The summed E-state index contributed by atoms with van der Waals surface area (Å²) in [6.07, 6.45) is 0. The molecule has 0 unspecified atom stereocenters. The Morgan fingerprint density at radius 2 is 2.13 bits per heavy atom. The van der Waals surface area contributed by atoms with Crippen LogP contribution in [-0.4, -0.2) is 28.2 Å². The number of nitrogens with one attached hydrogen (secondary N) is 1. The van der Waals surface area contributed by atoms with Crippen molar-refractivity contribution in [2.45, 2.75) is 10.00 Å². The van der Waals surface area contributed by atoms with Crippen molar-refractivity contribution in [3.63, 3.8) is 0 Å². The minimum absolute atomic E-state index is 0.152. The molecular formula is C8H9NO4S2. The topological polar surface area (TPSA) is 64.6 Å². The first-order chi connectivity index (χ1) is 7.14. The average Bonchev–Trinajstić information content (AvgIpc) is 2.83. The lowest BCUT2D eigenvalue weighted by molar-refractivity contribution is -0.162. The van der Waals surface area contributed by atoms with Gasteiger partial charge in [0.15, 0.2) is 0 Å². The van der Waals surface area contributed by atoms with Gasteiger partial charge in [0, 0.05) is 5.56 Å². The molecule has 3 heterocycles. The van der Waals surface area contributed by atoms with E-state index in [0.29, 0.717) is 23.0 Å². The summed E-state index contributed by atoms with van der Waals surface area (Å²) in [6.45, 7) is 1.15. The van der Waals surface area contributed by atoms with Crippen LogP contribution in [0.3, 0.4) is 0 Å². The van der Waals surface area contributed by atoms with Gasteiger partial charge in [0.1, 0.15) is 4.21 Å². The number of hydrogen-bond acceptors (Lipinski definition) is 5. The zero-order valence-electron chi connectivity index (χ0n) is 7.73. The van der Waals surface area contributed by atoms with Gasteiger partial charge in [-0.25, -0.2) is 13.1 Å². The quantitative estimate of drug-likeness (QED) is 0.713. The first-order valence-corrected chi connectivity index (χ1v) is 6.86. The highest BCUT2D eigenvalue weighted by Crippen LogP contribution is 2.40. The second-order valence-corrected chi connectivity index (χ2v) is 6.27. The maximum atomic E-state index is 11.7. The molecule has 1 saturated heterocycles. The van der Waals surface area contributed by atoms with Crippen LogP contribution in [0.25, 0.3) is 0 Å². The molecule has 1 aromatic heterocycles. The molecule has 2 aliphatic rings. The molecule has 0 amide bonds. The van der Waals surface area contributed by atoms with Gasteiger partial charge >= 0.3 is 0 Å². The van der Waals surface area contributed by atoms with Crippen molar-refractivity contribution in [3.8, 4) is 0 Å². The molecule has 1 N–H and O–H groups in total. The van der Waals surface area contributed by atoms with Gasteiger partial charge in [0.2, 0.25) is 5.79 Å². The number of ether oxygens (including phenoxy) is 2. The molecule has 0 atom stereocenters. The second-order valence-electron chi connectivity index (χ2n) is 3.40. The van der Waals surface area contributed by atoms with E-state index < -0.39 is 15.8 Å². The van der Waals surface area contributed by atoms with Gasteiger partial charge in [0.05, 0.1) is 19.8 Å². The summed E-state index contributed by atoms with van der Waals surface area (Å²) in [7, 11) is -3.35. The lowest BCUT2D eigenvalue weighted by Crippen LogP contribution is -2.46. The van der Waals surface area contributed by atoms with E-state index in [1.165, 1.54) is 11.3 Å². The van der Waals surface area contributed by atoms with Crippen molar-refractivity contribution in [1.82, 2.24) is 4.72 Å². The highest BCUT2D eigenvalue weighted by Gasteiger charge is 2.47. The Balaban J connectivity index is 2.20. The first-order valence-electron chi connectivity index (χ1n) is 4.50. The molecule has 2 aliphatic heterocycles. The summed E-state index contributed by atoms with van der Waals surface area (Å²) < 4.78 is 37.1. The maximum absolute atomic E-state index is 11.7. The zero-order valence-corrected chi connectivity index (χ0v) is 9.36. The van der Waals surface area contributed by atoms with Crippen molar-refractivity contribution in [2.24, 2.45) is 0 Å². The number of sulfonamides is 1. The van der Waals surface area contributed by atoms with Gasteiger partial charge in [-0.3, -0.25) is 0 Å². The Bertz CT molecular complexity index is 486. The van der Waals surface area contributed by atoms with Crippen LogP contribution in [0.5, 0.6) is 0 Å². The van der Waals surface area contributed by atoms with Gasteiger partial charge in [-0.1, -0.05) is 0 Å². The summed E-state index contributed by atoms with van der Waals surface area (Å²) in [6, 6.07) is 1.75. The Morgan fingerprint density at radius 3 is 2.87 bits per heavy atom. The van der Waals surface area contributed by atoms with E-state index >= 15 is 0 Å². The summed E-state index contributed by atoms with van der Waals surface area (Å²) in [5, 5.41) is 1.74. The molecule has 0 radical (unpaired) electrons. The van der Waals surface area contributed by atoms with Crippen molar-refractivity contribution in [1.29, 1.82) is 0 Å². The summed E-state index contributed by atoms with van der Waals surface area (Å²) in [5.74, 6) is -0.888. The number of hydrogen-bond donors (Lipinski definition) is 1. The molecule has 5 nitrogen and oxygen atoms in total. The Hall–Kier alpha value is -0.470. The number of thiophene rings is 1. The minimum atomic E-state index is -3.35. The zero-order chi connectivity index (χ0) is 10.5. The monoisotopic (exact) mass is 247 g/mol. The molecule has 1 aromatic rings. The Kier molecular flexibility index (Phi) is 1.96. The SMILES string of the molecule is O=S1(=O)NCC2(OCCO2)c2ccsc21. The summed E-state index contributed by atoms with van der Waals surface area (Å²) in [4.78, 5) is 0. The van der Waals surface area contributed by atoms with Crippen LogP contribution in [0.15, 0.2) is 15.7 Å². The molecule has 0 bridgehead atoms. The molecule has 0 aliphatic carbocycles. The fraction of sp³-hybridized carbons (Fsp3) is 0.500. The third kappa shape index (κ3) is 1.28. The fourth-order valence-corrected chi connectivity index (χ4v) is 4.40. The largest absolute Gasteiger partial charge is 0.342 e. The maximum Gasteiger partial charge on any atom is 0.250 e. The standard InChI is InChI=1S/C8H9NO4S2/c10-15(11)7-6(1-4-14-7)8(5-9-15)12-2-3-13-8/h1,4,9H,2-3,5H2. The van der Waals surface area contributed by atoms with Gasteiger partial charge in [-0.15, -0.1) is 11.3 Å². The van der Waals surface area contributed by atoms with E-state index in [4.69, 9.17) is 9.47 Å². The Labute approximate surface area is 91.1 Å². The van der Waals surface area contributed by atoms with Crippen LogP contribution in [0, 0.1) is 0 Å². The highest BCUT2D eigenvalue weighted by atomic mass is 32.2. The van der Waals surface area contributed by atoms with Gasteiger partial charge in [-0.05, 0) is 11.4 Å². The fourth-order valence-electron chi connectivity index (χ4n) is 1.85. The molecule has 15 heavy (non-hydrogen) atoms. The van der Waals surface area contributed by atoms with Crippen LogP contribution >= 0.6 is 11.3 Å². The molecule has 82 valence electrons. The Morgan fingerprint density at radius 1 is 1.40 bits per heavy atom. The summed E-state index contributed by atoms with van der Waals surface area (Å²) >= 11 is 1.18. The van der Waals surface area contributed by atoms with E-state index in [-0.39, 0.29) is 6.54 Å². The lowest BCUT2D eigenvalue weighted by atomic mass is 10.1. The molecule has 1 spiro atoms. The predicted octanol–water partition coefficient (Wildman–Crippen LogP) is 0.240. The average molecular weight is 247 g/mol. The van der Waals surface area contributed by atoms with E-state index in [1.807, 2.05) is 0 Å². The predicted molar refractivity (Wildman–Crippen MR) is 53.1 cm³/mol. The molecule has 3 rings (SSSR count). The van der Waals surface area contributed by atoms with Gasteiger partial charge < -0.3 is 9.47 Å². The van der Waals surface area contributed by atoms with Crippen molar-refractivity contribution in [3.05, 3.63) is 17.0 Å². The van der Waals surface area contributed by atoms with E-state index in [2.05, 4.69) is 4.72 Å². The highest BCUT2D eigenvalue weighted by molar-refractivity contribution is 7.91. The lowest BCUT2D eigenvalue weighted by Gasteiger charge is -2.31. The second kappa shape index (κ2) is 3.02. The van der Waals surface area contributed by atoms with E-state index in [1.54, 1.807) is 11.4 Å². The third-order valence-corrected chi connectivity index (χ3v) is 5.42. The molecule has 7 heteroatoms. The van der Waals surface area contributed by atoms with Crippen molar-refractivity contribution >= 4 is 21.4 Å². The number of fused-ring (bicyclic) bond motifs is 2.